The van der Waals surface area contributed by atoms with Crippen LogP contribution in [-0.2, 0) is 12.0 Å². The molecule has 0 amide bonds. The molecule has 0 radical (unpaired) electrons. The van der Waals surface area contributed by atoms with Crippen LogP contribution in [0, 0.1) is 0 Å². The number of halogens is 2. The van der Waals surface area contributed by atoms with Gasteiger partial charge in [-0.05, 0) is 41.8 Å². The van der Waals surface area contributed by atoms with Crippen molar-refractivity contribution in [2.24, 2.45) is 0 Å². The lowest BCUT2D eigenvalue weighted by Gasteiger charge is -2.30. The zero-order valence-corrected chi connectivity index (χ0v) is 16.7. The fourth-order valence-corrected chi connectivity index (χ4v) is 4.56. The Morgan fingerprint density at radius 3 is 2.41 bits per heavy atom. The quantitative estimate of drug-likeness (QED) is 0.584. The lowest BCUT2D eigenvalue weighted by molar-refractivity contribution is 0.299. The second-order valence-electron chi connectivity index (χ2n) is 7.04. The van der Waals surface area contributed by atoms with Crippen LogP contribution in [-0.4, -0.2) is 18.5 Å². The molecule has 0 aliphatic carbocycles. The normalized spacial score (nSPS) is 18.7. The van der Waals surface area contributed by atoms with Crippen molar-refractivity contribution in [1.29, 1.82) is 0 Å². The zero-order chi connectivity index (χ0) is 15.2. The predicted molar refractivity (Wildman–Crippen MR) is 103 cm³/mol. The van der Waals surface area contributed by atoms with Crippen LogP contribution in [0.1, 0.15) is 47.6 Å². The summed E-state index contributed by atoms with van der Waals surface area (Å²) >= 11 is 5.53. The monoisotopic (exact) mass is 399 g/mol. The SMILES string of the molecule is CN1Cc2sc(C(C)(C)C)cc2C(c2ccc(Br)cc2)C1.Cl. The van der Waals surface area contributed by atoms with Gasteiger partial charge >= 0.3 is 0 Å². The third kappa shape index (κ3) is 3.59. The lowest BCUT2D eigenvalue weighted by atomic mass is 9.86. The molecule has 0 spiro atoms. The Kier molecular flexibility index (Phi) is 5.43. The van der Waals surface area contributed by atoms with Crippen LogP contribution >= 0.6 is 39.7 Å². The van der Waals surface area contributed by atoms with Crippen molar-refractivity contribution >= 4 is 39.7 Å². The summed E-state index contributed by atoms with van der Waals surface area (Å²) in [5.41, 5.74) is 3.21. The first-order valence-corrected chi connectivity index (χ1v) is 9.02. The number of hydrogen-bond donors (Lipinski definition) is 0. The van der Waals surface area contributed by atoms with E-state index in [2.05, 4.69) is 79.0 Å². The van der Waals surface area contributed by atoms with E-state index in [9.17, 15) is 0 Å². The largest absolute Gasteiger partial charge is 0.300 e. The molecule has 120 valence electrons. The van der Waals surface area contributed by atoms with E-state index >= 15 is 0 Å². The van der Waals surface area contributed by atoms with Gasteiger partial charge in [0, 0.05) is 33.2 Å². The molecular formula is C18H23BrClNS. The van der Waals surface area contributed by atoms with Crippen molar-refractivity contribution < 1.29 is 0 Å². The number of thiophene rings is 1. The highest BCUT2D eigenvalue weighted by Crippen LogP contribution is 2.41. The Morgan fingerprint density at radius 1 is 1.18 bits per heavy atom. The molecule has 1 aromatic heterocycles. The molecule has 22 heavy (non-hydrogen) atoms. The average molecular weight is 401 g/mol. The van der Waals surface area contributed by atoms with Gasteiger partial charge in [-0.1, -0.05) is 48.8 Å². The van der Waals surface area contributed by atoms with Crippen LogP contribution < -0.4 is 0 Å². The van der Waals surface area contributed by atoms with E-state index in [0.717, 1.165) is 17.6 Å². The minimum atomic E-state index is 0. The molecule has 3 rings (SSSR count). The topological polar surface area (TPSA) is 3.24 Å². The summed E-state index contributed by atoms with van der Waals surface area (Å²) in [6, 6.07) is 11.3. The van der Waals surface area contributed by atoms with Crippen LogP contribution in [0.15, 0.2) is 34.8 Å². The number of nitrogens with zero attached hydrogens (tertiary/aromatic N) is 1. The Morgan fingerprint density at radius 2 is 1.82 bits per heavy atom. The molecule has 0 saturated heterocycles. The Hall–Kier alpha value is -0.350. The summed E-state index contributed by atoms with van der Waals surface area (Å²) in [6.07, 6.45) is 0. The highest BCUT2D eigenvalue weighted by Gasteiger charge is 2.29. The average Bonchev–Trinajstić information content (AvgIpc) is 2.82. The van der Waals surface area contributed by atoms with Gasteiger partial charge in [0.05, 0.1) is 0 Å². The van der Waals surface area contributed by atoms with Crippen molar-refractivity contribution in [2.75, 3.05) is 13.6 Å². The molecule has 0 saturated carbocycles. The first-order chi connectivity index (χ1) is 9.84. The molecule has 1 aromatic carbocycles. The van der Waals surface area contributed by atoms with Gasteiger partial charge < -0.3 is 4.90 Å². The molecule has 1 unspecified atom stereocenters. The van der Waals surface area contributed by atoms with E-state index in [4.69, 9.17) is 0 Å². The minimum Gasteiger partial charge on any atom is -0.300 e. The summed E-state index contributed by atoms with van der Waals surface area (Å²) in [5, 5.41) is 0. The van der Waals surface area contributed by atoms with Gasteiger partial charge in [0.2, 0.25) is 0 Å². The fraction of sp³-hybridized carbons (Fsp3) is 0.444. The first-order valence-electron chi connectivity index (χ1n) is 7.41. The predicted octanol–water partition coefficient (Wildman–Crippen LogP) is 5.81. The van der Waals surface area contributed by atoms with Crippen molar-refractivity contribution in [3.8, 4) is 0 Å². The van der Waals surface area contributed by atoms with Crippen LogP contribution in [0.25, 0.3) is 0 Å². The van der Waals surface area contributed by atoms with Gasteiger partial charge in [0.1, 0.15) is 0 Å². The second-order valence-corrected chi connectivity index (χ2v) is 9.09. The lowest BCUT2D eigenvalue weighted by Crippen LogP contribution is -2.29. The Balaban J connectivity index is 0.00000176. The molecule has 1 nitrogen and oxygen atoms in total. The van der Waals surface area contributed by atoms with Gasteiger partial charge in [0.25, 0.3) is 0 Å². The molecule has 2 aromatic rings. The summed E-state index contributed by atoms with van der Waals surface area (Å²) in [4.78, 5) is 5.49. The van der Waals surface area contributed by atoms with E-state index in [1.54, 1.807) is 10.4 Å². The molecule has 0 fully saturated rings. The molecule has 4 heteroatoms. The number of fused-ring (bicyclic) bond motifs is 1. The maximum absolute atomic E-state index is 3.53. The standard InChI is InChI=1S/C18H22BrNS.ClH/c1-18(2,3)17-9-14-15(10-20(4)11-16(14)21-17)12-5-7-13(19)8-6-12;/h5-9,15H,10-11H2,1-4H3;1H. The van der Waals surface area contributed by atoms with Crippen LogP contribution in [0.5, 0.6) is 0 Å². The third-order valence-corrected chi connectivity index (χ3v) is 6.23. The van der Waals surface area contributed by atoms with Crippen LogP contribution in [0.2, 0.25) is 0 Å². The zero-order valence-electron chi connectivity index (χ0n) is 13.5. The number of likely N-dealkylation sites (N-methyl/N-ethyl adjacent to an activating group) is 1. The second kappa shape index (κ2) is 6.64. The van der Waals surface area contributed by atoms with Crippen molar-refractivity contribution in [3.05, 3.63) is 55.7 Å². The van der Waals surface area contributed by atoms with Crippen LogP contribution in [0.3, 0.4) is 0 Å². The maximum atomic E-state index is 3.53. The fourth-order valence-electron chi connectivity index (χ4n) is 2.93. The molecule has 1 atom stereocenters. The van der Waals surface area contributed by atoms with Crippen LogP contribution in [0.4, 0.5) is 0 Å². The minimum absolute atomic E-state index is 0. The van der Waals surface area contributed by atoms with Gasteiger partial charge in [-0.15, -0.1) is 23.7 Å². The van der Waals surface area contributed by atoms with Gasteiger partial charge in [0.15, 0.2) is 0 Å². The number of rotatable bonds is 1. The molecule has 1 aliphatic heterocycles. The Labute approximate surface area is 152 Å². The van der Waals surface area contributed by atoms with E-state index in [-0.39, 0.29) is 17.8 Å². The van der Waals surface area contributed by atoms with Gasteiger partial charge in [-0.25, -0.2) is 0 Å². The van der Waals surface area contributed by atoms with Crippen molar-refractivity contribution in [1.82, 2.24) is 4.90 Å². The Bertz CT molecular complexity index is 642. The molecule has 2 heterocycles. The highest BCUT2D eigenvalue weighted by molar-refractivity contribution is 9.10. The molecular weight excluding hydrogens is 378 g/mol. The summed E-state index contributed by atoms with van der Waals surface area (Å²) in [6.45, 7) is 9.12. The summed E-state index contributed by atoms with van der Waals surface area (Å²) in [7, 11) is 2.23. The summed E-state index contributed by atoms with van der Waals surface area (Å²) in [5.74, 6) is 0.499. The summed E-state index contributed by atoms with van der Waals surface area (Å²) < 4.78 is 1.15. The molecule has 0 N–H and O–H groups in total. The van der Waals surface area contributed by atoms with Crippen molar-refractivity contribution in [3.63, 3.8) is 0 Å². The number of benzene rings is 1. The first kappa shape index (κ1) is 18.0. The van der Waals surface area contributed by atoms with E-state index < -0.39 is 0 Å². The van der Waals surface area contributed by atoms with E-state index in [1.165, 1.54) is 10.4 Å². The third-order valence-electron chi connectivity index (χ3n) is 4.14. The van der Waals surface area contributed by atoms with Gasteiger partial charge in [-0.3, -0.25) is 0 Å². The smallest absolute Gasteiger partial charge is 0.0328 e. The highest BCUT2D eigenvalue weighted by atomic mass is 79.9. The van der Waals surface area contributed by atoms with Gasteiger partial charge in [-0.2, -0.15) is 0 Å². The van der Waals surface area contributed by atoms with Crippen molar-refractivity contribution in [2.45, 2.75) is 38.6 Å². The number of hydrogen-bond acceptors (Lipinski definition) is 2. The maximum Gasteiger partial charge on any atom is 0.0328 e. The van der Waals surface area contributed by atoms with E-state index in [1.807, 2.05) is 11.3 Å². The molecule has 1 aliphatic rings. The molecule has 0 bridgehead atoms. The van der Waals surface area contributed by atoms with E-state index in [0.29, 0.717) is 5.92 Å².